The second-order valence-corrected chi connectivity index (χ2v) is 15.0. The van der Waals surface area contributed by atoms with Crippen LogP contribution >= 0.6 is 52.0 Å². The van der Waals surface area contributed by atoms with Crippen LogP contribution in [0.15, 0.2) is 45.9 Å². The van der Waals surface area contributed by atoms with E-state index in [1.54, 1.807) is 30.0 Å². The van der Waals surface area contributed by atoms with Gasteiger partial charge in [0.1, 0.15) is 6.04 Å². The van der Waals surface area contributed by atoms with Crippen molar-refractivity contribution in [1.29, 1.82) is 0 Å². The quantitative estimate of drug-likeness (QED) is 0.138. The van der Waals surface area contributed by atoms with Crippen molar-refractivity contribution in [3.8, 4) is 5.95 Å². The highest BCUT2D eigenvalue weighted by atomic mass is 35.5. The number of aromatic hydroxyl groups is 1. The average molecular weight is 593 g/mol. The zero-order valence-corrected chi connectivity index (χ0v) is 24.3. The van der Waals surface area contributed by atoms with Crippen LogP contribution in [0.4, 0.5) is 0 Å². The SMILES string of the molecule is CCOP(=S)(OCC)SCSc1cc(Cl)ccc1Cl.CC[C@H](C)[C@H](N)C(=O)O.Oc1ccco1. The minimum Gasteiger partial charge on any atom is -0.481 e. The van der Waals surface area contributed by atoms with Gasteiger partial charge in [-0.3, -0.25) is 4.79 Å². The maximum absolute atomic E-state index is 10.2. The first-order chi connectivity index (χ1) is 16.0. The number of carboxylic acids is 1. The first kappa shape index (κ1) is 33.6. The molecule has 0 aliphatic heterocycles. The van der Waals surface area contributed by atoms with Gasteiger partial charge in [-0.05, 0) is 55.8 Å². The minimum absolute atomic E-state index is 0.0324. The van der Waals surface area contributed by atoms with Crippen molar-refractivity contribution in [3.05, 3.63) is 46.6 Å². The van der Waals surface area contributed by atoms with Gasteiger partial charge in [0.2, 0.25) is 5.69 Å². The van der Waals surface area contributed by atoms with Gasteiger partial charge in [0.15, 0.2) is 0 Å². The van der Waals surface area contributed by atoms with Gasteiger partial charge in [0.25, 0.3) is 5.95 Å². The molecule has 0 spiro atoms. The molecule has 0 radical (unpaired) electrons. The van der Waals surface area contributed by atoms with Gasteiger partial charge < -0.3 is 29.4 Å². The fraction of sp³-hybridized carbons (Fsp3) is 0.476. The fourth-order valence-corrected chi connectivity index (χ4v) is 9.47. The third-order valence-corrected chi connectivity index (χ3v) is 11.7. The molecule has 34 heavy (non-hydrogen) atoms. The van der Waals surface area contributed by atoms with E-state index in [2.05, 4.69) is 4.42 Å². The smallest absolute Gasteiger partial charge is 0.320 e. The van der Waals surface area contributed by atoms with E-state index in [-0.39, 0.29) is 11.9 Å². The third-order valence-electron chi connectivity index (χ3n) is 3.94. The van der Waals surface area contributed by atoms with Gasteiger partial charge in [0, 0.05) is 16.0 Å². The van der Waals surface area contributed by atoms with Crippen LogP contribution in [0, 0.1) is 5.92 Å². The minimum atomic E-state index is -2.23. The molecular formula is C21H32Cl2NO6PS3. The van der Waals surface area contributed by atoms with Crippen LogP contribution in [0.1, 0.15) is 34.1 Å². The predicted molar refractivity (Wildman–Crippen MR) is 148 cm³/mol. The lowest BCUT2D eigenvalue weighted by molar-refractivity contribution is -0.139. The normalized spacial score (nSPS) is 12.6. The number of carboxylic acid groups (broad SMARTS) is 1. The lowest BCUT2D eigenvalue weighted by atomic mass is 10.0. The molecule has 13 heteroatoms. The molecule has 0 bridgehead atoms. The maximum atomic E-state index is 10.2. The summed E-state index contributed by atoms with van der Waals surface area (Å²) in [5.74, 6) is -0.873. The molecule has 2 atom stereocenters. The molecule has 1 heterocycles. The topological polar surface area (TPSA) is 115 Å². The molecular weight excluding hydrogens is 560 g/mol. The van der Waals surface area contributed by atoms with Crippen molar-refractivity contribution >= 4 is 69.8 Å². The van der Waals surface area contributed by atoms with Crippen molar-refractivity contribution in [2.75, 3.05) is 18.3 Å². The van der Waals surface area contributed by atoms with Crippen LogP contribution in [-0.4, -0.2) is 40.5 Å². The van der Waals surface area contributed by atoms with Crippen LogP contribution in [0.2, 0.25) is 10.0 Å². The highest BCUT2D eigenvalue weighted by Gasteiger charge is 2.19. The number of aliphatic carboxylic acids is 1. The van der Waals surface area contributed by atoms with E-state index in [1.165, 1.54) is 23.7 Å². The number of thioether (sulfide) groups is 1. The molecule has 4 N–H and O–H groups in total. The van der Waals surface area contributed by atoms with Gasteiger partial charge >= 0.3 is 5.97 Å². The fourth-order valence-electron chi connectivity index (χ4n) is 1.94. The number of nitrogens with two attached hydrogens (primary N) is 1. The van der Waals surface area contributed by atoms with Gasteiger partial charge in [-0.1, -0.05) is 54.9 Å². The average Bonchev–Trinajstić information content (AvgIpc) is 3.27. The van der Waals surface area contributed by atoms with Crippen LogP contribution in [0.3, 0.4) is 0 Å². The number of furan rings is 1. The van der Waals surface area contributed by atoms with E-state index in [1.807, 2.05) is 33.8 Å². The number of carbonyl (C=O) groups is 1. The third kappa shape index (κ3) is 14.9. The summed E-state index contributed by atoms with van der Waals surface area (Å²) in [7, 11) is 0. The standard InChI is InChI=1S/C11H15Cl2O2PS3.C6H13NO2.C4H4O2/c1-3-14-16(17,15-4-2)19-8-18-11-7-9(12)5-6-10(11)13;1-3-4(2)5(7)6(8)9;5-4-2-1-3-6-4/h5-7H,3-4,8H2,1-2H3;4-5H,3,7H2,1-2H3,(H,8,9);1-3,5H/t;4-,5-;/m.0./s1. The van der Waals surface area contributed by atoms with E-state index >= 15 is 0 Å². The Bertz CT molecular complexity index is 866. The molecule has 7 nitrogen and oxygen atoms in total. The largest absolute Gasteiger partial charge is 0.481 e. The Morgan fingerprint density at radius 1 is 1.24 bits per heavy atom. The molecule has 0 unspecified atom stereocenters. The predicted octanol–water partition coefficient (Wildman–Crippen LogP) is 7.50. The maximum Gasteiger partial charge on any atom is 0.320 e. The Balaban J connectivity index is 0.000000594. The van der Waals surface area contributed by atoms with Crippen LogP contribution < -0.4 is 5.73 Å². The Hall–Kier alpha value is -0.420. The van der Waals surface area contributed by atoms with E-state index in [4.69, 9.17) is 60.0 Å². The summed E-state index contributed by atoms with van der Waals surface area (Å²) in [5, 5.41) is 18.7. The van der Waals surface area contributed by atoms with Crippen LogP contribution in [0.5, 0.6) is 5.95 Å². The highest BCUT2D eigenvalue weighted by molar-refractivity contribution is 8.69. The molecule has 1 aromatic heterocycles. The summed E-state index contributed by atoms with van der Waals surface area (Å²) in [6.07, 6.45) is 2.22. The summed E-state index contributed by atoms with van der Waals surface area (Å²) in [6, 6.07) is 7.80. The zero-order chi connectivity index (χ0) is 26.1. The van der Waals surface area contributed by atoms with Crippen molar-refractivity contribution in [2.45, 2.75) is 45.1 Å². The number of halogens is 2. The molecule has 0 aliphatic rings. The summed E-state index contributed by atoms with van der Waals surface area (Å²) >= 11 is 20.6. The molecule has 0 saturated carbocycles. The monoisotopic (exact) mass is 591 g/mol. The molecule has 1 aromatic carbocycles. The number of hydrogen-bond acceptors (Lipinski definition) is 9. The summed E-state index contributed by atoms with van der Waals surface area (Å²) < 4.78 is 15.5. The van der Waals surface area contributed by atoms with E-state index < -0.39 is 17.7 Å². The van der Waals surface area contributed by atoms with Gasteiger partial charge in [-0.25, -0.2) is 0 Å². The van der Waals surface area contributed by atoms with E-state index in [9.17, 15) is 4.79 Å². The zero-order valence-electron chi connectivity index (χ0n) is 19.5. The summed E-state index contributed by atoms with van der Waals surface area (Å²) in [4.78, 5) is 11.1. The molecule has 0 aliphatic carbocycles. The van der Waals surface area contributed by atoms with Crippen LogP contribution in [0.25, 0.3) is 0 Å². The molecule has 2 aromatic rings. The van der Waals surface area contributed by atoms with E-state index in [0.717, 1.165) is 16.4 Å². The number of rotatable bonds is 11. The van der Waals surface area contributed by atoms with Gasteiger partial charge in [-0.2, -0.15) is 0 Å². The lowest BCUT2D eigenvalue weighted by Gasteiger charge is -2.19. The number of hydrogen-bond donors (Lipinski definition) is 3. The summed E-state index contributed by atoms with van der Waals surface area (Å²) in [5.41, 5.74) is 3.04. The lowest BCUT2D eigenvalue weighted by Crippen LogP contribution is -2.36. The molecule has 0 saturated heterocycles. The Morgan fingerprint density at radius 3 is 2.24 bits per heavy atom. The summed E-state index contributed by atoms with van der Waals surface area (Å²) in [6.45, 7) is 8.72. The van der Waals surface area contributed by atoms with Crippen molar-refractivity contribution in [2.24, 2.45) is 11.7 Å². The molecule has 194 valence electrons. The van der Waals surface area contributed by atoms with Crippen molar-refractivity contribution in [3.63, 3.8) is 0 Å². The Morgan fingerprint density at radius 2 is 1.85 bits per heavy atom. The van der Waals surface area contributed by atoms with Crippen molar-refractivity contribution < 1.29 is 28.5 Å². The second kappa shape index (κ2) is 18.8. The molecule has 0 fully saturated rings. The van der Waals surface area contributed by atoms with Crippen LogP contribution in [-0.2, 0) is 25.6 Å². The first-order valence-electron chi connectivity index (χ1n) is 10.3. The molecule has 0 amide bonds. The highest BCUT2D eigenvalue weighted by Crippen LogP contribution is 2.62. The molecule has 2 rings (SSSR count). The van der Waals surface area contributed by atoms with Crippen molar-refractivity contribution in [1.82, 2.24) is 0 Å². The Labute approximate surface area is 225 Å². The first-order valence-corrected chi connectivity index (χ1v) is 16.3. The Kier molecular flexibility index (Phi) is 18.6. The van der Waals surface area contributed by atoms with E-state index in [0.29, 0.717) is 23.3 Å². The second-order valence-electron chi connectivity index (χ2n) is 6.45. The van der Waals surface area contributed by atoms with Gasteiger partial charge in [-0.15, -0.1) is 11.8 Å². The van der Waals surface area contributed by atoms with Gasteiger partial charge in [0.05, 0.1) is 29.6 Å². The number of benzene rings is 1.